The molecule has 0 bridgehead atoms. The lowest BCUT2D eigenvalue weighted by atomic mass is 10.2. The van der Waals surface area contributed by atoms with Crippen LogP contribution in [0.3, 0.4) is 0 Å². The maximum atomic E-state index is 12.8. The molecule has 3 heterocycles. The summed E-state index contributed by atoms with van der Waals surface area (Å²) in [6, 6.07) is 11.3. The van der Waals surface area contributed by atoms with Crippen LogP contribution in [-0.4, -0.2) is 63.4 Å². The lowest BCUT2D eigenvalue weighted by molar-refractivity contribution is -0.128. The standard InChI is InChI=1S/C21H23ClN6O3S/c22-15-3-1-4-16(13-15)26-8-10-27(11-9-26)19(30)14-32-21-25-24-20(17-5-2-12-31-17)28(21)7-6-18(23)29/h1-5,12-13H,6-11,14H2,(H2,23,29). The summed E-state index contributed by atoms with van der Waals surface area (Å²) in [6.45, 7) is 3.07. The molecule has 32 heavy (non-hydrogen) atoms. The van der Waals surface area contributed by atoms with Gasteiger partial charge in [-0.25, -0.2) is 0 Å². The van der Waals surface area contributed by atoms with Gasteiger partial charge in [0.1, 0.15) is 0 Å². The molecule has 11 heteroatoms. The van der Waals surface area contributed by atoms with Crippen LogP contribution in [0.1, 0.15) is 6.42 Å². The molecule has 3 aromatic rings. The van der Waals surface area contributed by atoms with Crippen LogP contribution in [0.4, 0.5) is 5.69 Å². The number of piperazine rings is 1. The predicted octanol–water partition coefficient (Wildman–Crippen LogP) is 2.51. The molecule has 9 nitrogen and oxygen atoms in total. The Labute approximate surface area is 194 Å². The van der Waals surface area contributed by atoms with Crippen molar-refractivity contribution < 1.29 is 14.0 Å². The number of halogens is 1. The first kappa shape index (κ1) is 22.2. The van der Waals surface area contributed by atoms with Gasteiger partial charge in [-0.3, -0.25) is 14.2 Å². The number of nitrogens with two attached hydrogens (primary N) is 1. The number of thioether (sulfide) groups is 1. The number of amides is 2. The van der Waals surface area contributed by atoms with Crippen molar-refractivity contribution in [2.75, 3.05) is 36.8 Å². The minimum absolute atomic E-state index is 0.0322. The normalized spacial score (nSPS) is 14.0. The largest absolute Gasteiger partial charge is 0.461 e. The molecule has 0 saturated carbocycles. The monoisotopic (exact) mass is 474 g/mol. The van der Waals surface area contributed by atoms with Gasteiger partial charge in [-0.2, -0.15) is 0 Å². The molecule has 0 aliphatic carbocycles. The summed E-state index contributed by atoms with van der Waals surface area (Å²) >= 11 is 7.38. The Morgan fingerprint density at radius 3 is 2.62 bits per heavy atom. The van der Waals surface area contributed by atoms with Crippen LogP contribution in [0.2, 0.25) is 5.02 Å². The van der Waals surface area contributed by atoms with Gasteiger partial charge in [-0.1, -0.05) is 29.4 Å². The fourth-order valence-corrected chi connectivity index (χ4v) is 4.56. The number of furan rings is 1. The molecule has 1 saturated heterocycles. The lowest BCUT2D eigenvalue weighted by Gasteiger charge is -2.36. The summed E-state index contributed by atoms with van der Waals surface area (Å²) in [5.41, 5.74) is 6.38. The summed E-state index contributed by atoms with van der Waals surface area (Å²) in [6.07, 6.45) is 1.68. The Kier molecular flexibility index (Phi) is 7.01. The van der Waals surface area contributed by atoms with Gasteiger partial charge in [-0.05, 0) is 30.3 Å². The average molecular weight is 475 g/mol. The number of carbonyl (C=O) groups excluding carboxylic acids is 2. The van der Waals surface area contributed by atoms with E-state index in [1.165, 1.54) is 11.8 Å². The van der Waals surface area contributed by atoms with E-state index in [0.717, 1.165) is 18.8 Å². The van der Waals surface area contributed by atoms with E-state index in [2.05, 4.69) is 15.1 Å². The molecule has 0 spiro atoms. The smallest absolute Gasteiger partial charge is 0.233 e. The van der Waals surface area contributed by atoms with E-state index in [0.29, 0.717) is 41.4 Å². The first-order valence-corrected chi connectivity index (χ1v) is 11.5. The van der Waals surface area contributed by atoms with Crippen LogP contribution in [0.25, 0.3) is 11.6 Å². The molecule has 168 valence electrons. The predicted molar refractivity (Wildman–Crippen MR) is 123 cm³/mol. The van der Waals surface area contributed by atoms with Crippen molar-refractivity contribution in [1.29, 1.82) is 0 Å². The molecule has 2 aromatic heterocycles. The zero-order chi connectivity index (χ0) is 22.5. The fourth-order valence-electron chi connectivity index (χ4n) is 3.51. The van der Waals surface area contributed by atoms with E-state index in [9.17, 15) is 9.59 Å². The van der Waals surface area contributed by atoms with E-state index in [-0.39, 0.29) is 18.1 Å². The van der Waals surface area contributed by atoms with Crippen LogP contribution in [0, 0.1) is 0 Å². The number of nitrogens with zero attached hydrogens (tertiary/aromatic N) is 5. The average Bonchev–Trinajstić information content (AvgIpc) is 3.46. The molecular weight excluding hydrogens is 452 g/mol. The minimum Gasteiger partial charge on any atom is -0.461 e. The van der Waals surface area contributed by atoms with E-state index in [1.54, 1.807) is 23.0 Å². The third-order valence-corrected chi connectivity index (χ3v) is 6.36. The summed E-state index contributed by atoms with van der Waals surface area (Å²) < 4.78 is 7.18. The summed E-state index contributed by atoms with van der Waals surface area (Å²) in [7, 11) is 0. The second-order valence-electron chi connectivity index (χ2n) is 7.29. The van der Waals surface area contributed by atoms with Crippen molar-refractivity contribution in [2.24, 2.45) is 5.73 Å². The molecule has 1 aliphatic rings. The van der Waals surface area contributed by atoms with Crippen LogP contribution in [0.15, 0.2) is 52.2 Å². The highest BCUT2D eigenvalue weighted by atomic mass is 35.5. The summed E-state index contributed by atoms with van der Waals surface area (Å²) in [5.74, 6) is 0.876. The Morgan fingerprint density at radius 1 is 1.12 bits per heavy atom. The van der Waals surface area contributed by atoms with Crippen LogP contribution >= 0.6 is 23.4 Å². The molecule has 1 aromatic carbocycles. The number of hydrogen-bond donors (Lipinski definition) is 1. The van der Waals surface area contributed by atoms with Gasteiger partial charge in [0.05, 0.1) is 12.0 Å². The van der Waals surface area contributed by atoms with E-state index in [1.807, 2.05) is 29.2 Å². The number of benzene rings is 1. The van der Waals surface area contributed by atoms with Gasteiger partial charge in [0, 0.05) is 49.9 Å². The van der Waals surface area contributed by atoms with Crippen molar-refractivity contribution >= 4 is 40.9 Å². The Bertz CT molecular complexity index is 1080. The van der Waals surface area contributed by atoms with Crippen molar-refractivity contribution in [3.05, 3.63) is 47.7 Å². The molecule has 0 radical (unpaired) electrons. The molecule has 4 rings (SSSR count). The summed E-state index contributed by atoms with van der Waals surface area (Å²) in [4.78, 5) is 28.2. The Hall–Kier alpha value is -2.98. The maximum Gasteiger partial charge on any atom is 0.233 e. The summed E-state index contributed by atoms with van der Waals surface area (Å²) in [5, 5.41) is 9.63. The zero-order valence-corrected chi connectivity index (χ0v) is 18.9. The van der Waals surface area contributed by atoms with E-state index < -0.39 is 5.91 Å². The highest BCUT2D eigenvalue weighted by Gasteiger charge is 2.23. The van der Waals surface area contributed by atoms with Crippen molar-refractivity contribution in [1.82, 2.24) is 19.7 Å². The molecule has 0 atom stereocenters. The first-order valence-electron chi connectivity index (χ1n) is 10.2. The van der Waals surface area contributed by atoms with E-state index in [4.69, 9.17) is 21.8 Å². The molecule has 0 unspecified atom stereocenters. The molecule has 2 N–H and O–H groups in total. The van der Waals surface area contributed by atoms with Crippen molar-refractivity contribution in [3.8, 4) is 11.6 Å². The highest BCUT2D eigenvalue weighted by molar-refractivity contribution is 7.99. The number of anilines is 1. The second-order valence-corrected chi connectivity index (χ2v) is 8.67. The molecular formula is C21H23ClN6O3S. The third kappa shape index (κ3) is 5.25. The van der Waals surface area contributed by atoms with Crippen molar-refractivity contribution in [3.63, 3.8) is 0 Å². The minimum atomic E-state index is -0.423. The quantitative estimate of drug-likeness (QED) is 0.499. The molecule has 1 aliphatic heterocycles. The van der Waals surface area contributed by atoms with Gasteiger partial charge >= 0.3 is 0 Å². The lowest BCUT2D eigenvalue weighted by Crippen LogP contribution is -2.49. The topological polar surface area (TPSA) is 110 Å². The highest BCUT2D eigenvalue weighted by Crippen LogP contribution is 2.25. The van der Waals surface area contributed by atoms with Crippen LogP contribution < -0.4 is 10.6 Å². The first-order chi connectivity index (χ1) is 15.5. The van der Waals surface area contributed by atoms with Crippen molar-refractivity contribution in [2.45, 2.75) is 18.1 Å². The van der Waals surface area contributed by atoms with Gasteiger partial charge < -0.3 is 20.0 Å². The number of hydrogen-bond acceptors (Lipinski definition) is 7. The second kappa shape index (κ2) is 10.1. The zero-order valence-electron chi connectivity index (χ0n) is 17.3. The molecule has 2 amide bonds. The van der Waals surface area contributed by atoms with Gasteiger partial charge in [0.15, 0.2) is 16.7 Å². The Morgan fingerprint density at radius 2 is 1.94 bits per heavy atom. The number of aromatic nitrogens is 3. The Balaban J connectivity index is 1.36. The van der Waals surface area contributed by atoms with Crippen LogP contribution in [0.5, 0.6) is 0 Å². The maximum absolute atomic E-state index is 12.8. The van der Waals surface area contributed by atoms with E-state index >= 15 is 0 Å². The number of rotatable bonds is 8. The fraction of sp³-hybridized carbons (Fsp3) is 0.333. The third-order valence-electron chi connectivity index (χ3n) is 5.17. The van der Waals surface area contributed by atoms with Crippen LogP contribution in [-0.2, 0) is 16.1 Å². The number of primary amides is 1. The SMILES string of the molecule is NC(=O)CCn1c(SCC(=O)N2CCN(c3cccc(Cl)c3)CC2)nnc1-c1ccco1. The number of carbonyl (C=O) groups is 2. The van der Waals surface area contributed by atoms with Gasteiger partial charge in [-0.15, -0.1) is 10.2 Å². The van der Waals surface area contributed by atoms with Gasteiger partial charge in [0.25, 0.3) is 0 Å². The molecule has 1 fully saturated rings. The van der Waals surface area contributed by atoms with Gasteiger partial charge in [0.2, 0.25) is 11.8 Å².